The normalized spacial score (nSPS) is 11.2. The molecule has 1 amide bonds. The van der Waals surface area contributed by atoms with Gasteiger partial charge in [0, 0.05) is 6.42 Å². The molecular weight excluding hydrogens is 223 g/mol. The van der Waals surface area contributed by atoms with Crippen molar-refractivity contribution in [2.45, 2.75) is 12.6 Å². The molecule has 0 heterocycles. The van der Waals surface area contributed by atoms with Crippen LogP contribution in [0.1, 0.15) is 11.1 Å². The van der Waals surface area contributed by atoms with Gasteiger partial charge in [0.05, 0.1) is 12.2 Å². The molecule has 1 aromatic carbocycles. The molecule has 1 rings (SSSR count). The number of hydrogen-bond acceptors (Lipinski definition) is 2. The van der Waals surface area contributed by atoms with Gasteiger partial charge in [-0.25, -0.2) is 4.79 Å². The fraction of sp³-hybridized carbons (Fsp3) is 0.300. The number of primary amides is 1. The lowest BCUT2D eigenvalue weighted by Crippen LogP contribution is -2.15. The summed E-state index contributed by atoms with van der Waals surface area (Å²) in [5.74, 6) is 0. The van der Waals surface area contributed by atoms with E-state index in [-0.39, 0.29) is 13.0 Å². The molecule has 0 saturated heterocycles. The Morgan fingerprint density at radius 2 is 2.06 bits per heavy atom. The molecule has 88 valence electrons. The Labute approximate surface area is 90.0 Å². The predicted octanol–water partition coefficient (Wildman–Crippen LogP) is 2.34. The topological polar surface area (TPSA) is 52.3 Å². The summed E-state index contributed by atoms with van der Waals surface area (Å²) in [6, 6.07) is 4.84. The molecule has 0 unspecified atom stereocenters. The Balaban J connectivity index is 2.64. The van der Waals surface area contributed by atoms with Gasteiger partial charge in [-0.05, 0) is 11.6 Å². The van der Waals surface area contributed by atoms with Gasteiger partial charge in [0.25, 0.3) is 0 Å². The van der Waals surface area contributed by atoms with Gasteiger partial charge in [-0.2, -0.15) is 13.2 Å². The van der Waals surface area contributed by atoms with E-state index < -0.39 is 17.8 Å². The zero-order valence-electron chi connectivity index (χ0n) is 8.25. The lowest BCUT2D eigenvalue weighted by Gasteiger charge is -2.08. The van der Waals surface area contributed by atoms with E-state index in [1.165, 1.54) is 12.1 Å². The second kappa shape index (κ2) is 4.87. The fourth-order valence-corrected chi connectivity index (χ4v) is 1.17. The molecule has 0 radical (unpaired) electrons. The van der Waals surface area contributed by atoms with E-state index in [0.29, 0.717) is 5.56 Å². The van der Waals surface area contributed by atoms with E-state index in [2.05, 4.69) is 4.74 Å². The van der Waals surface area contributed by atoms with Crippen molar-refractivity contribution >= 4 is 6.09 Å². The number of nitrogens with two attached hydrogens (primary N) is 1. The van der Waals surface area contributed by atoms with Gasteiger partial charge < -0.3 is 10.5 Å². The van der Waals surface area contributed by atoms with E-state index in [9.17, 15) is 18.0 Å². The maximum atomic E-state index is 12.3. The van der Waals surface area contributed by atoms with Crippen LogP contribution in [0.2, 0.25) is 0 Å². The first-order valence-electron chi connectivity index (χ1n) is 4.48. The summed E-state index contributed by atoms with van der Waals surface area (Å²) < 4.78 is 41.4. The van der Waals surface area contributed by atoms with Crippen LogP contribution < -0.4 is 5.73 Å². The zero-order chi connectivity index (χ0) is 12.2. The molecule has 0 bridgehead atoms. The van der Waals surface area contributed by atoms with Gasteiger partial charge >= 0.3 is 12.3 Å². The first-order chi connectivity index (χ1) is 7.39. The van der Waals surface area contributed by atoms with Crippen LogP contribution in [-0.2, 0) is 17.3 Å². The Kier molecular flexibility index (Phi) is 3.76. The third kappa shape index (κ3) is 3.80. The number of carbonyl (C=O) groups excluding carboxylic acids is 1. The molecule has 6 heteroatoms. The van der Waals surface area contributed by atoms with Gasteiger partial charge in [-0.15, -0.1) is 0 Å². The Morgan fingerprint density at radius 3 is 2.62 bits per heavy atom. The maximum absolute atomic E-state index is 12.3. The molecule has 0 atom stereocenters. The van der Waals surface area contributed by atoms with E-state index in [1.54, 1.807) is 0 Å². The summed E-state index contributed by atoms with van der Waals surface area (Å²) >= 11 is 0. The van der Waals surface area contributed by atoms with E-state index in [0.717, 1.165) is 12.1 Å². The first-order valence-corrected chi connectivity index (χ1v) is 4.48. The number of carbonyl (C=O) groups is 1. The van der Waals surface area contributed by atoms with Crippen LogP contribution in [0.25, 0.3) is 0 Å². The molecule has 0 aromatic heterocycles. The second-order valence-corrected chi connectivity index (χ2v) is 3.12. The molecular formula is C10H10F3NO2. The molecule has 0 spiro atoms. The van der Waals surface area contributed by atoms with E-state index in [4.69, 9.17) is 5.73 Å². The zero-order valence-corrected chi connectivity index (χ0v) is 8.25. The largest absolute Gasteiger partial charge is 0.449 e. The maximum Gasteiger partial charge on any atom is 0.416 e. The summed E-state index contributed by atoms with van der Waals surface area (Å²) in [6.07, 6.45) is -5.10. The van der Waals surface area contributed by atoms with Gasteiger partial charge in [0.2, 0.25) is 0 Å². The average Bonchev–Trinajstić information content (AvgIpc) is 2.16. The SMILES string of the molecule is NC(=O)OCCc1cccc(C(F)(F)F)c1. The highest BCUT2D eigenvalue weighted by Crippen LogP contribution is 2.29. The smallest absolute Gasteiger partial charge is 0.416 e. The van der Waals surface area contributed by atoms with E-state index >= 15 is 0 Å². The summed E-state index contributed by atoms with van der Waals surface area (Å²) in [7, 11) is 0. The van der Waals surface area contributed by atoms with Crippen molar-refractivity contribution in [3.05, 3.63) is 35.4 Å². The highest BCUT2D eigenvalue weighted by atomic mass is 19.4. The number of benzene rings is 1. The highest BCUT2D eigenvalue weighted by Gasteiger charge is 2.30. The van der Waals surface area contributed by atoms with Crippen LogP contribution in [0.4, 0.5) is 18.0 Å². The average molecular weight is 233 g/mol. The molecule has 3 nitrogen and oxygen atoms in total. The lowest BCUT2D eigenvalue weighted by molar-refractivity contribution is -0.137. The molecule has 0 saturated carbocycles. The van der Waals surface area contributed by atoms with Crippen molar-refractivity contribution < 1.29 is 22.7 Å². The second-order valence-electron chi connectivity index (χ2n) is 3.12. The quantitative estimate of drug-likeness (QED) is 0.871. The number of ether oxygens (including phenoxy) is 1. The lowest BCUT2D eigenvalue weighted by atomic mass is 10.1. The number of alkyl halides is 3. The van der Waals surface area contributed by atoms with Crippen LogP contribution in [0, 0.1) is 0 Å². The Hall–Kier alpha value is -1.72. The minimum absolute atomic E-state index is 0.0311. The van der Waals surface area contributed by atoms with Gasteiger partial charge in [0.1, 0.15) is 0 Å². The number of hydrogen-bond donors (Lipinski definition) is 1. The molecule has 16 heavy (non-hydrogen) atoms. The Morgan fingerprint density at radius 1 is 1.38 bits per heavy atom. The number of rotatable bonds is 3. The van der Waals surface area contributed by atoms with Crippen LogP contribution in [0.15, 0.2) is 24.3 Å². The molecule has 2 N–H and O–H groups in total. The number of halogens is 3. The van der Waals surface area contributed by atoms with Crippen molar-refractivity contribution in [3.8, 4) is 0 Å². The first kappa shape index (κ1) is 12.4. The van der Waals surface area contributed by atoms with Crippen molar-refractivity contribution in [1.82, 2.24) is 0 Å². The van der Waals surface area contributed by atoms with Crippen molar-refractivity contribution in [3.63, 3.8) is 0 Å². The van der Waals surface area contributed by atoms with Gasteiger partial charge in [-0.3, -0.25) is 0 Å². The van der Waals surface area contributed by atoms with Gasteiger partial charge in [-0.1, -0.05) is 18.2 Å². The van der Waals surface area contributed by atoms with Crippen LogP contribution in [-0.4, -0.2) is 12.7 Å². The molecule has 0 aliphatic heterocycles. The Bertz CT molecular complexity index is 377. The summed E-state index contributed by atoms with van der Waals surface area (Å²) in [5, 5.41) is 0. The van der Waals surface area contributed by atoms with Crippen LogP contribution in [0.5, 0.6) is 0 Å². The molecule has 0 fully saturated rings. The van der Waals surface area contributed by atoms with Crippen LogP contribution in [0.3, 0.4) is 0 Å². The van der Waals surface area contributed by atoms with Crippen LogP contribution >= 0.6 is 0 Å². The minimum atomic E-state index is -4.36. The predicted molar refractivity (Wildman–Crippen MR) is 50.7 cm³/mol. The highest BCUT2D eigenvalue weighted by molar-refractivity contribution is 5.64. The van der Waals surface area contributed by atoms with Gasteiger partial charge in [0.15, 0.2) is 0 Å². The third-order valence-corrected chi connectivity index (χ3v) is 1.89. The van der Waals surface area contributed by atoms with E-state index in [1.807, 2.05) is 0 Å². The molecule has 0 aliphatic carbocycles. The van der Waals surface area contributed by atoms with Crippen molar-refractivity contribution in [2.24, 2.45) is 5.73 Å². The van der Waals surface area contributed by atoms with Crippen molar-refractivity contribution in [2.75, 3.05) is 6.61 Å². The summed E-state index contributed by atoms with van der Waals surface area (Å²) in [4.78, 5) is 10.2. The third-order valence-electron chi connectivity index (χ3n) is 1.89. The fourth-order valence-electron chi connectivity index (χ4n) is 1.17. The standard InChI is InChI=1S/C10H10F3NO2/c11-10(12,13)8-3-1-2-7(6-8)4-5-16-9(14)15/h1-3,6H,4-5H2,(H2,14,15). The van der Waals surface area contributed by atoms with Crippen molar-refractivity contribution in [1.29, 1.82) is 0 Å². The summed E-state index contributed by atoms with van der Waals surface area (Å²) in [6.45, 7) is -0.0311. The molecule has 0 aliphatic rings. The molecule has 1 aromatic rings. The minimum Gasteiger partial charge on any atom is -0.449 e. The summed E-state index contributed by atoms with van der Waals surface area (Å²) in [5.41, 5.74) is 4.44. The monoisotopic (exact) mass is 233 g/mol. The number of amides is 1.